The Kier molecular flexibility index (Phi) is 4.37. The van der Waals surface area contributed by atoms with Crippen LogP contribution in [0.5, 0.6) is 0 Å². The van der Waals surface area contributed by atoms with Crippen molar-refractivity contribution >= 4 is 60.3 Å². The molecule has 1 aromatic heterocycles. The van der Waals surface area contributed by atoms with Crippen LogP contribution >= 0.6 is 54.5 Å². The summed E-state index contributed by atoms with van der Waals surface area (Å²) >= 11 is 9.47. The summed E-state index contributed by atoms with van der Waals surface area (Å²) in [5.74, 6) is 0.489. The molecule has 0 saturated heterocycles. The first-order valence-electron chi connectivity index (χ1n) is 6.12. The van der Waals surface area contributed by atoms with Gasteiger partial charge in [-0.1, -0.05) is 50.1 Å². The molecule has 0 spiro atoms. The highest BCUT2D eigenvalue weighted by Crippen LogP contribution is 2.40. The zero-order chi connectivity index (χ0) is 15.0. The van der Waals surface area contributed by atoms with Gasteiger partial charge in [0.05, 0.1) is 11.3 Å². The van der Waals surface area contributed by atoms with Gasteiger partial charge in [-0.3, -0.25) is 5.10 Å². The Morgan fingerprint density at radius 2 is 1.71 bits per heavy atom. The van der Waals surface area contributed by atoms with E-state index in [0.717, 1.165) is 34.9 Å². The van der Waals surface area contributed by atoms with Gasteiger partial charge in [-0.25, -0.2) is 0 Å². The van der Waals surface area contributed by atoms with E-state index in [0.29, 0.717) is 5.82 Å². The number of nitrogens with zero attached hydrogens (tertiary/aromatic N) is 1. The Morgan fingerprint density at radius 3 is 2.48 bits per heavy atom. The first kappa shape index (κ1) is 15.1. The second-order valence-corrected chi connectivity index (χ2v) is 7.42. The number of nitrogen functional groups attached to an aromatic ring is 1. The van der Waals surface area contributed by atoms with E-state index in [9.17, 15) is 0 Å². The van der Waals surface area contributed by atoms with E-state index in [2.05, 4.69) is 70.7 Å². The molecule has 1 heterocycles. The summed E-state index contributed by atoms with van der Waals surface area (Å²) in [6.45, 7) is 0. The van der Waals surface area contributed by atoms with Crippen LogP contribution in [0, 0.1) is 3.57 Å². The van der Waals surface area contributed by atoms with Crippen LogP contribution < -0.4 is 5.73 Å². The van der Waals surface area contributed by atoms with Gasteiger partial charge in [0.25, 0.3) is 0 Å². The molecule has 0 aliphatic carbocycles. The topological polar surface area (TPSA) is 54.7 Å². The number of anilines is 1. The van der Waals surface area contributed by atoms with Crippen molar-refractivity contribution in [1.82, 2.24) is 10.2 Å². The average molecular weight is 519 g/mol. The second kappa shape index (κ2) is 6.10. The highest BCUT2D eigenvalue weighted by Gasteiger charge is 2.18. The molecule has 3 N–H and O–H groups in total. The standard InChI is InChI=1S/C15H10Br2IN3/c16-11-4-2-1-3-9(11)13-14(20-21-15(13)19)10-7-8(18)5-6-12(10)17/h1-7H,(H3,19,20,21). The van der Waals surface area contributed by atoms with Crippen LogP contribution in [0.4, 0.5) is 5.82 Å². The first-order chi connectivity index (χ1) is 10.1. The Bertz CT molecular complexity index is 814. The van der Waals surface area contributed by atoms with Crippen molar-refractivity contribution in [2.75, 3.05) is 5.73 Å². The summed E-state index contributed by atoms with van der Waals surface area (Å²) < 4.78 is 3.14. The van der Waals surface area contributed by atoms with E-state index in [1.165, 1.54) is 0 Å². The van der Waals surface area contributed by atoms with Gasteiger partial charge < -0.3 is 5.73 Å². The van der Waals surface area contributed by atoms with Gasteiger partial charge in [0.2, 0.25) is 0 Å². The van der Waals surface area contributed by atoms with Crippen molar-refractivity contribution in [3.05, 3.63) is 55.0 Å². The molecule has 0 aliphatic rings. The van der Waals surface area contributed by atoms with E-state index in [1.807, 2.05) is 36.4 Å². The monoisotopic (exact) mass is 517 g/mol. The highest BCUT2D eigenvalue weighted by atomic mass is 127. The quantitative estimate of drug-likeness (QED) is 0.443. The van der Waals surface area contributed by atoms with Gasteiger partial charge in [-0.05, 0) is 46.9 Å². The van der Waals surface area contributed by atoms with E-state index in [4.69, 9.17) is 5.73 Å². The molecule has 0 fully saturated rings. The van der Waals surface area contributed by atoms with Crippen molar-refractivity contribution in [1.29, 1.82) is 0 Å². The number of aromatic amines is 1. The molecule has 6 heteroatoms. The Labute approximate surface area is 152 Å². The van der Waals surface area contributed by atoms with Crippen molar-refractivity contribution in [2.24, 2.45) is 0 Å². The van der Waals surface area contributed by atoms with Gasteiger partial charge >= 0.3 is 0 Å². The van der Waals surface area contributed by atoms with Crippen molar-refractivity contribution in [2.45, 2.75) is 0 Å². The number of nitrogens with two attached hydrogens (primary N) is 1. The summed E-state index contributed by atoms with van der Waals surface area (Å²) in [6.07, 6.45) is 0. The number of hydrogen-bond acceptors (Lipinski definition) is 2. The van der Waals surface area contributed by atoms with Gasteiger partial charge in [0.15, 0.2) is 5.82 Å². The highest BCUT2D eigenvalue weighted by molar-refractivity contribution is 14.1. The molecule has 3 rings (SSSR count). The lowest BCUT2D eigenvalue weighted by Crippen LogP contribution is -1.90. The van der Waals surface area contributed by atoms with Crippen LogP contribution in [0.3, 0.4) is 0 Å². The lowest BCUT2D eigenvalue weighted by molar-refractivity contribution is 1.10. The van der Waals surface area contributed by atoms with Gasteiger partial charge in [-0.2, -0.15) is 5.10 Å². The predicted octanol–water partition coefficient (Wildman–Crippen LogP) is 5.46. The largest absolute Gasteiger partial charge is 0.382 e. The number of nitrogens with one attached hydrogen (secondary N) is 1. The molecule has 0 aliphatic heterocycles. The maximum atomic E-state index is 6.09. The fourth-order valence-electron chi connectivity index (χ4n) is 2.18. The zero-order valence-corrected chi connectivity index (χ0v) is 16.0. The lowest BCUT2D eigenvalue weighted by atomic mass is 10.0. The molecule has 0 amide bonds. The Hall–Kier alpha value is -0.860. The number of halogens is 3. The number of benzene rings is 2. The van der Waals surface area contributed by atoms with Gasteiger partial charge in [0.1, 0.15) is 0 Å². The zero-order valence-electron chi connectivity index (χ0n) is 10.7. The molecule has 106 valence electrons. The molecule has 0 atom stereocenters. The lowest BCUT2D eigenvalue weighted by Gasteiger charge is -2.09. The molecule has 3 nitrogen and oxygen atoms in total. The maximum Gasteiger partial charge on any atom is 0.153 e. The molecule has 0 bridgehead atoms. The van der Waals surface area contributed by atoms with Crippen LogP contribution in [-0.4, -0.2) is 10.2 Å². The third kappa shape index (κ3) is 2.89. The predicted molar refractivity (Wildman–Crippen MR) is 102 cm³/mol. The van der Waals surface area contributed by atoms with Crippen LogP contribution in [0.1, 0.15) is 0 Å². The molecule has 2 aromatic carbocycles. The summed E-state index contributed by atoms with van der Waals surface area (Å²) in [5, 5.41) is 7.24. The molecule has 21 heavy (non-hydrogen) atoms. The van der Waals surface area contributed by atoms with Crippen molar-refractivity contribution in [3.8, 4) is 22.4 Å². The fourth-order valence-corrected chi connectivity index (χ4v) is 3.60. The maximum absolute atomic E-state index is 6.09. The molecular weight excluding hydrogens is 509 g/mol. The molecule has 0 unspecified atom stereocenters. The first-order valence-corrected chi connectivity index (χ1v) is 8.78. The van der Waals surface area contributed by atoms with Gasteiger partial charge in [-0.15, -0.1) is 0 Å². The normalized spacial score (nSPS) is 10.8. The molecule has 3 aromatic rings. The minimum absolute atomic E-state index is 0.489. The van der Waals surface area contributed by atoms with E-state index in [1.54, 1.807) is 0 Å². The minimum atomic E-state index is 0.489. The minimum Gasteiger partial charge on any atom is -0.382 e. The van der Waals surface area contributed by atoms with Crippen LogP contribution in [0.25, 0.3) is 22.4 Å². The van der Waals surface area contributed by atoms with E-state index >= 15 is 0 Å². The summed E-state index contributed by atoms with van der Waals surface area (Å²) in [4.78, 5) is 0. The molecular formula is C15H10Br2IN3. The number of aromatic nitrogens is 2. The van der Waals surface area contributed by atoms with E-state index < -0.39 is 0 Å². The van der Waals surface area contributed by atoms with Crippen LogP contribution in [-0.2, 0) is 0 Å². The number of rotatable bonds is 2. The van der Waals surface area contributed by atoms with Gasteiger partial charge in [0, 0.05) is 23.6 Å². The van der Waals surface area contributed by atoms with Crippen molar-refractivity contribution < 1.29 is 0 Å². The SMILES string of the molecule is Nc1n[nH]c(-c2cc(I)ccc2Br)c1-c1ccccc1Br. The molecule has 0 saturated carbocycles. The second-order valence-electron chi connectivity index (χ2n) is 4.46. The third-order valence-electron chi connectivity index (χ3n) is 3.14. The van der Waals surface area contributed by atoms with Crippen LogP contribution in [0.2, 0.25) is 0 Å². The number of hydrogen-bond donors (Lipinski definition) is 2. The summed E-state index contributed by atoms with van der Waals surface area (Å²) in [7, 11) is 0. The van der Waals surface area contributed by atoms with E-state index in [-0.39, 0.29) is 0 Å². The average Bonchev–Trinajstić information content (AvgIpc) is 2.84. The smallest absolute Gasteiger partial charge is 0.153 e. The summed E-state index contributed by atoms with van der Waals surface area (Å²) in [5.41, 5.74) is 9.96. The summed E-state index contributed by atoms with van der Waals surface area (Å²) in [6, 6.07) is 14.2. The van der Waals surface area contributed by atoms with Crippen molar-refractivity contribution in [3.63, 3.8) is 0 Å². The Balaban J connectivity index is 2.27. The molecule has 0 radical (unpaired) electrons. The Morgan fingerprint density at radius 1 is 1.00 bits per heavy atom. The third-order valence-corrected chi connectivity index (χ3v) is 5.19. The van der Waals surface area contributed by atoms with Crippen LogP contribution in [0.15, 0.2) is 51.4 Å². The number of H-pyrrole nitrogens is 1. The fraction of sp³-hybridized carbons (Fsp3) is 0.